The molecule has 1 fully saturated rings. The van der Waals surface area contributed by atoms with Crippen LogP contribution < -0.4 is 10.9 Å². The standard InChI is InChI=1S/C18H14N2O3/c21-16(11-5-6-11)19-13-9-7-12(8-10-13)17-20-15-4-2-1-3-14(15)18(22)23-17/h1-4,7-11H,5-6H2,(H,19,21). The minimum Gasteiger partial charge on any atom is -0.403 e. The highest BCUT2D eigenvalue weighted by atomic mass is 16.4. The molecule has 1 heterocycles. The van der Waals surface area contributed by atoms with Crippen LogP contribution in [0.1, 0.15) is 12.8 Å². The number of hydrogen-bond acceptors (Lipinski definition) is 4. The topological polar surface area (TPSA) is 72.2 Å². The molecule has 1 aliphatic rings. The van der Waals surface area contributed by atoms with Crippen LogP contribution in [0.25, 0.3) is 22.4 Å². The van der Waals surface area contributed by atoms with E-state index in [0.717, 1.165) is 18.5 Å². The van der Waals surface area contributed by atoms with Crippen LogP contribution in [0.15, 0.2) is 57.7 Å². The van der Waals surface area contributed by atoms with E-state index in [1.807, 2.05) is 6.07 Å². The molecular weight excluding hydrogens is 292 g/mol. The van der Waals surface area contributed by atoms with Crippen LogP contribution in [-0.4, -0.2) is 10.9 Å². The molecule has 1 aliphatic carbocycles. The average Bonchev–Trinajstić information content (AvgIpc) is 3.40. The molecule has 1 N–H and O–H groups in total. The lowest BCUT2D eigenvalue weighted by Crippen LogP contribution is -2.13. The Morgan fingerprint density at radius 1 is 1.09 bits per heavy atom. The second-order valence-corrected chi connectivity index (χ2v) is 5.66. The number of aromatic nitrogens is 1. The molecule has 114 valence electrons. The number of carbonyl (C=O) groups excluding carboxylic acids is 1. The van der Waals surface area contributed by atoms with Gasteiger partial charge in [-0.25, -0.2) is 9.78 Å². The summed E-state index contributed by atoms with van der Waals surface area (Å²) in [5.74, 6) is 0.497. The normalized spacial score (nSPS) is 13.9. The van der Waals surface area contributed by atoms with Crippen LogP contribution in [0, 0.1) is 5.92 Å². The Hall–Kier alpha value is -2.95. The highest BCUT2D eigenvalue weighted by Crippen LogP contribution is 2.30. The summed E-state index contributed by atoms with van der Waals surface area (Å²) in [5.41, 5.74) is 1.62. The molecule has 5 heteroatoms. The van der Waals surface area contributed by atoms with Gasteiger partial charge in [0.1, 0.15) is 0 Å². The molecule has 4 rings (SSSR count). The van der Waals surface area contributed by atoms with Crippen molar-refractivity contribution in [1.29, 1.82) is 0 Å². The van der Waals surface area contributed by atoms with Gasteiger partial charge in [-0.3, -0.25) is 4.79 Å². The maximum absolute atomic E-state index is 12.0. The van der Waals surface area contributed by atoms with E-state index in [-0.39, 0.29) is 17.7 Å². The SMILES string of the molecule is O=C(Nc1ccc(-c2nc3ccccc3c(=O)o2)cc1)C1CC1. The molecule has 1 saturated carbocycles. The minimum atomic E-state index is -0.406. The Labute approximate surface area is 132 Å². The van der Waals surface area contributed by atoms with Gasteiger partial charge in [-0.05, 0) is 49.2 Å². The molecule has 0 radical (unpaired) electrons. The van der Waals surface area contributed by atoms with Crippen molar-refractivity contribution < 1.29 is 9.21 Å². The minimum absolute atomic E-state index is 0.0631. The van der Waals surface area contributed by atoms with Gasteiger partial charge in [-0.1, -0.05) is 12.1 Å². The van der Waals surface area contributed by atoms with E-state index in [1.54, 1.807) is 42.5 Å². The van der Waals surface area contributed by atoms with Crippen LogP contribution in [0.4, 0.5) is 5.69 Å². The Bertz CT molecular complexity index is 940. The number of nitrogens with one attached hydrogen (secondary N) is 1. The van der Waals surface area contributed by atoms with Crippen LogP contribution >= 0.6 is 0 Å². The van der Waals surface area contributed by atoms with Gasteiger partial charge in [0.15, 0.2) is 0 Å². The smallest absolute Gasteiger partial charge is 0.347 e. The fraction of sp³-hybridized carbons (Fsp3) is 0.167. The van der Waals surface area contributed by atoms with Crippen molar-refractivity contribution in [2.24, 2.45) is 5.92 Å². The van der Waals surface area contributed by atoms with Gasteiger partial charge in [0.25, 0.3) is 0 Å². The molecule has 0 unspecified atom stereocenters. The highest BCUT2D eigenvalue weighted by molar-refractivity contribution is 5.94. The first-order valence-corrected chi connectivity index (χ1v) is 7.52. The van der Waals surface area contributed by atoms with Crippen molar-refractivity contribution in [3.63, 3.8) is 0 Å². The lowest BCUT2D eigenvalue weighted by Gasteiger charge is -2.05. The fourth-order valence-electron chi connectivity index (χ4n) is 2.43. The Morgan fingerprint density at radius 2 is 1.83 bits per heavy atom. The molecule has 2 aromatic carbocycles. The van der Waals surface area contributed by atoms with E-state index < -0.39 is 5.63 Å². The third kappa shape index (κ3) is 2.73. The van der Waals surface area contributed by atoms with Gasteiger partial charge in [0, 0.05) is 17.2 Å². The van der Waals surface area contributed by atoms with E-state index in [4.69, 9.17) is 4.42 Å². The molecular formula is C18H14N2O3. The van der Waals surface area contributed by atoms with Crippen LogP contribution in [-0.2, 0) is 4.79 Å². The molecule has 5 nitrogen and oxygen atoms in total. The summed E-state index contributed by atoms with van der Waals surface area (Å²) in [6, 6.07) is 14.2. The summed E-state index contributed by atoms with van der Waals surface area (Å²) in [4.78, 5) is 28.1. The van der Waals surface area contributed by atoms with Gasteiger partial charge in [-0.15, -0.1) is 0 Å². The second kappa shape index (κ2) is 5.35. The molecule has 0 atom stereocenters. The van der Waals surface area contributed by atoms with Crippen molar-refractivity contribution in [3.05, 3.63) is 59.0 Å². The Balaban J connectivity index is 1.65. The largest absolute Gasteiger partial charge is 0.403 e. The number of hydrogen-bond donors (Lipinski definition) is 1. The zero-order valence-corrected chi connectivity index (χ0v) is 12.3. The quantitative estimate of drug-likeness (QED) is 0.806. The molecule has 23 heavy (non-hydrogen) atoms. The molecule has 0 aliphatic heterocycles. The van der Waals surface area contributed by atoms with Crippen LogP contribution in [0.2, 0.25) is 0 Å². The number of carbonyl (C=O) groups is 1. The van der Waals surface area contributed by atoms with E-state index in [1.165, 1.54) is 0 Å². The summed E-state index contributed by atoms with van der Waals surface area (Å²) in [6.07, 6.45) is 1.94. The number of amides is 1. The first-order valence-electron chi connectivity index (χ1n) is 7.52. The van der Waals surface area contributed by atoms with E-state index in [0.29, 0.717) is 16.5 Å². The van der Waals surface area contributed by atoms with E-state index in [9.17, 15) is 9.59 Å². The zero-order chi connectivity index (χ0) is 15.8. The second-order valence-electron chi connectivity index (χ2n) is 5.66. The summed E-state index contributed by atoms with van der Waals surface area (Å²) >= 11 is 0. The first-order chi connectivity index (χ1) is 11.2. The van der Waals surface area contributed by atoms with Gasteiger partial charge >= 0.3 is 5.63 Å². The van der Waals surface area contributed by atoms with Crippen molar-refractivity contribution in [3.8, 4) is 11.5 Å². The van der Waals surface area contributed by atoms with Crippen molar-refractivity contribution >= 4 is 22.5 Å². The summed E-state index contributed by atoms with van der Waals surface area (Å²) in [6.45, 7) is 0. The maximum Gasteiger partial charge on any atom is 0.347 e. The first kappa shape index (κ1) is 13.7. The summed E-state index contributed by atoms with van der Waals surface area (Å²) in [7, 11) is 0. The van der Waals surface area contributed by atoms with Crippen LogP contribution in [0.5, 0.6) is 0 Å². The maximum atomic E-state index is 12.0. The average molecular weight is 306 g/mol. The predicted octanol–water partition coefficient (Wildman–Crippen LogP) is 3.20. The van der Waals surface area contributed by atoms with Gasteiger partial charge in [0.2, 0.25) is 11.8 Å². The molecule has 0 bridgehead atoms. The lowest BCUT2D eigenvalue weighted by atomic mass is 10.2. The molecule has 3 aromatic rings. The molecule has 1 aromatic heterocycles. The summed E-state index contributed by atoms with van der Waals surface area (Å²) < 4.78 is 5.29. The number of benzene rings is 2. The third-order valence-corrected chi connectivity index (χ3v) is 3.88. The van der Waals surface area contributed by atoms with Gasteiger partial charge in [0.05, 0.1) is 10.9 Å². The number of anilines is 1. The van der Waals surface area contributed by atoms with E-state index in [2.05, 4.69) is 10.3 Å². The summed E-state index contributed by atoms with van der Waals surface area (Å²) in [5, 5.41) is 3.33. The lowest BCUT2D eigenvalue weighted by molar-refractivity contribution is -0.117. The Morgan fingerprint density at radius 3 is 2.57 bits per heavy atom. The predicted molar refractivity (Wildman–Crippen MR) is 87.1 cm³/mol. The van der Waals surface area contributed by atoms with E-state index >= 15 is 0 Å². The third-order valence-electron chi connectivity index (χ3n) is 3.88. The molecule has 0 saturated heterocycles. The monoisotopic (exact) mass is 306 g/mol. The molecule has 1 amide bonds. The van der Waals surface area contributed by atoms with Crippen molar-refractivity contribution in [1.82, 2.24) is 4.98 Å². The Kier molecular flexibility index (Phi) is 3.19. The fourth-order valence-corrected chi connectivity index (χ4v) is 2.43. The van der Waals surface area contributed by atoms with Crippen molar-refractivity contribution in [2.45, 2.75) is 12.8 Å². The van der Waals surface area contributed by atoms with Gasteiger partial charge < -0.3 is 9.73 Å². The number of fused-ring (bicyclic) bond motifs is 1. The van der Waals surface area contributed by atoms with Gasteiger partial charge in [-0.2, -0.15) is 0 Å². The number of nitrogens with zero attached hydrogens (tertiary/aromatic N) is 1. The van der Waals surface area contributed by atoms with Crippen molar-refractivity contribution in [2.75, 3.05) is 5.32 Å². The van der Waals surface area contributed by atoms with Crippen LogP contribution in [0.3, 0.4) is 0 Å². The zero-order valence-electron chi connectivity index (χ0n) is 12.3. The number of para-hydroxylation sites is 1. The highest BCUT2D eigenvalue weighted by Gasteiger charge is 2.29. The molecule has 0 spiro atoms. The number of rotatable bonds is 3.